The number of benzene rings is 1. The molecule has 0 radical (unpaired) electrons. The topological polar surface area (TPSA) is 75.6 Å². The fourth-order valence-corrected chi connectivity index (χ4v) is 3.86. The standard InChI is InChI=1S/C22H24F3N3O.CH3NO/c1-15-16(2)29-21-18(15)6-4-7-19(21)28-13-11-27(12-14-28)10-9-17-5-3-8-20(26-17)22(23,24)25;2-1-3/h3-8H,9-14H2,1-2H3;1H,(H2,2,3). The largest absolute Gasteiger partial charge is 0.459 e. The van der Waals surface area contributed by atoms with Gasteiger partial charge in [0.1, 0.15) is 11.5 Å². The van der Waals surface area contributed by atoms with E-state index >= 15 is 0 Å². The third-order valence-corrected chi connectivity index (χ3v) is 5.68. The summed E-state index contributed by atoms with van der Waals surface area (Å²) in [4.78, 5) is 16.9. The van der Waals surface area contributed by atoms with Crippen molar-refractivity contribution in [1.29, 1.82) is 0 Å². The number of aryl methyl sites for hydroxylation is 2. The summed E-state index contributed by atoms with van der Waals surface area (Å²) in [6.45, 7) is 8.18. The molecule has 1 aliphatic heterocycles. The number of hydrogen-bond donors (Lipinski definition) is 1. The van der Waals surface area contributed by atoms with Crippen LogP contribution in [0.3, 0.4) is 0 Å². The van der Waals surface area contributed by atoms with Crippen molar-refractivity contribution in [3.63, 3.8) is 0 Å². The van der Waals surface area contributed by atoms with Crippen LogP contribution in [0, 0.1) is 13.8 Å². The van der Waals surface area contributed by atoms with E-state index in [-0.39, 0.29) is 6.41 Å². The molecule has 1 fully saturated rings. The lowest BCUT2D eigenvalue weighted by atomic mass is 10.1. The highest BCUT2D eigenvalue weighted by Crippen LogP contribution is 2.33. The molecule has 0 spiro atoms. The van der Waals surface area contributed by atoms with Gasteiger partial charge >= 0.3 is 6.18 Å². The van der Waals surface area contributed by atoms with E-state index in [1.165, 1.54) is 11.6 Å². The number of amides is 1. The number of aromatic nitrogens is 1. The Morgan fingerprint density at radius 2 is 1.75 bits per heavy atom. The smallest absolute Gasteiger partial charge is 0.433 e. The normalized spacial score (nSPS) is 14.8. The number of piperazine rings is 1. The number of hydrogen-bond acceptors (Lipinski definition) is 5. The average molecular weight is 448 g/mol. The lowest BCUT2D eigenvalue weighted by Crippen LogP contribution is -2.47. The molecule has 9 heteroatoms. The minimum absolute atomic E-state index is 0.250. The van der Waals surface area contributed by atoms with Crippen LogP contribution in [0.1, 0.15) is 22.7 Å². The highest BCUT2D eigenvalue weighted by molar-refractivity contribution is 5.92. The number of fused-ring (bicyclic) bond motifs is 1. The highest BCUT2D eigenvalue weighted by atomic mass is 19.4. The zero-order valence-corrected chi connectivity index (χ0v) is 18.2. The molecule has 4 rings (SSSR count). The van der Waals surface area contributed by atoms with Gasteiger partial charge in [-0.2, -0.15) is 13.2 Å². The van der Waals surface area contributed by atoms with E-state index in [0.29, 0.717) is 18.7 Å². The first-order valence-electron chi connectivity index (χ1n) is 10.4. The molecule has 0 aliphatic carbocycles. The lowest BCUT2D eigenvalue weighted by Gasteiger charge is -2.36. The van der Waals surface area contributed by atoms with Crippen molar-refractivity contribution in [3.05, 3.63) is 59.1 Å². The SMILES string of the molecule is Cc1oc2c(N3CCN(CCc4cccc(C(F)(F)F)n4)CC3)cccc2c1C.NC=O. The van der Waals surface area contributed by atoms with E-state index in [9.17, 15) is 13.2 Å². The molecular formula is C23H27F3N4O2. The zero-order chi connectivity index (χ0) is 23.3. The Labute approximate surface area is 184 Å². The van der Waals surface area contributed by atoms with Crippen molar-refractivity contribution in [2.75, 3.05) is 37.6 Å². The Morgan fingerprint density at radius 3 is 2.41 bits per heavy atom. The number of nitrogens with two attached hydrogens (primary N) is 1. The second kappa shape index (κ2) is 10.0. The molecular weight excluding hydrogens is 421 g/mol. The van der Waals surface area contributed by atoms with Crippen LogP contribution in [0.4, 0.5) is 18.9 Å². The number of pyridine rings is 1. The van der Waals surface area contributed by atoms with Crippen LogP contribution in [0.5, 0.6) is 0 Å². The number of carbonyl (C=O) groups is 1. The summed E-state index contributed by atoms with van der Waals surface area (Å²) in [5.41, 5.74) is 7.04. The lowest BCUT2D eigenvalue weighted by molar-refractivity contribution is -0.141. The van der Waals surface area contributed by atoms with E-state index in [2.05, 4.69) is 45.6 Å². The van der Waals surface area contributed by atoms with Gasteiger partial charge in [-0.05, 0) is 37.6 Å². The van der Waals surface area contributed by atoms with Crippen LogP contribution in [-0.2, 0) is 17.4 Å². The summed E-state index contributed by atoms with van der Waals surface area (Å²) in [6, 6.07) is 10.3. The van der Waals surface area contributed by atoms with Gasteiger partial charge in [0.25, 0.3) is 0 Å². The molecule has 2 N–H and O–H groups in total. The molecule has 172 valence electrons. The molecule has 3 heterocycles. The number of rotatable bonds is 4. The van der Waals surface area contributed by atoms with Crippen molar-refractivity contribution in [3.8, 4) is 0 Å². The van der Waals surface area contributed by atoms with Crippen LogP contribution in [-0.4, -0.2) is 49.0 Å². The first kappa shape index (κ1) is 23.6. The number of nitrogens with zero attached hydrogens (tertiary/aromatic N) is 3. The van der Waals surface area contributed by atoms with Crippen molar-refractivity contribution in [1.82, 2.24) is 9.88 Å². The van der Waals surface area contributed by atoms with Crippen molar-refractivity contribution in [2.45, 2.75) is 26.4 Å². The van der Waals surface area contributed by atoms with Crippen molar-refractivity contribution >= 4 is 23.1 Å². The van der Waals surface area contributed by atoms with Gasteiger partial charge in [0.05, 0.1) is 5.69 Å². The predicted octanol–water partition coefficient (Wildman–Crippen LogP) is 3.93. The summed E-state index contributed by atoms with van der Waals surface area (Å²) in [6.07, 6.45) is -3.64. The molecule has 1 aliphatic rings. The fourth-order valence-electron chi connectivity index (χ4n) is 3.86. The van der Waals surface area contributed by atoms with E-state index in [0.717, 1.165) is 54.7 Å². The molecule has 6 nitrogen and oxygen atoms in total. The molecule has 3 aromatic rings. The fraction of sp³-hybridized carbons (Fsp3) is 0.391. The predicted molar refractivity (Wildman–Crippen MR) is 118 cm³/mol. The molecule has 32 heavy (non-hydrogen) atoms. The van der Waals surface area contributed by atoms with Crippen LogP contribution in [0.25, 0.3) is 11.0 Å². The van der Waals surface area contributed by atoms with Crippen molar-refractivity contribution < 1.29 is 22.4 Å². The van der Waals surface area contributed by atoms with Gasteiger partial charge in [0, 0.05) is 50.2 Å². The van der Waals surface area contributed by atoms with Gasteiger partial charge < -0.3 is 15.1 Å². The number of alkyl halides is 3. The zero-order valence-electron chi connectivity index (χ0n) is 18.2. The molecule has 2 aromatic heterocycles. The quantitative estimate of drug-likeness (QED) is 0.612. The van der Waals surface area contributed by atoms with E-state index in [4.69, 9.17) is 9.21 Å². The van der Waals surface area contributed by atoms with Crippen LogP contribution >= 0.6 is 0 Å². The van der Waals surface area contributed by atoms with E-state index < -0.39 is 11.9 Å². The van der Waals surface area contributed by atoms with Gasteiger partial charge in [-0.3, -0.25) is 9.69 Å². The number of furan rings is 1. The first-order chi connectivity index (χ1) is 15.2. The Hall–Kier alpha value is -3.07. The van der Waals surface area contributed by atoms with Crippen LogP contribution in [0.2, 0.25) is 0 Å². The molecule has 0 atom stereocenters. The maximum Gasteiger partial charge on any atom is 0.433 e. The average Bonchev–Trinajstić information content (AvgIpc) is 3.07. The number of carbonyl (C=O) groups excluding carboxylic acids is 1. The maximum absolute atomic E-state index is 12.8. The third-order valence-electron chi connectivity index (χ3n) is 5.68. The summed E-state index contributed by atoms with van der Waals surface area (Å²) in [7, 11) is 0. The summed E-state index contributed by atoms with van der Waals surface area (Å²) < 4.78 is 44.5. The molecule has 1 aromatic carbocycles. The molecule has 1 saturated heterocycles. The Balaban J connectivity index is 0.000000913. The molecule has 1 amide bonds. The third kappa shape index (κ3) is 5.40. The van der Waals surface area contributed by atoms with Gasteiger partial charge in [-0.25, -0.2) is 4.98 Å². The molecule has 0 bridgehead atoms. The Kier molecular flexibility index (Phi) is 7.40. The van der Waals surface area contributed by atoms with E-state index in [1.54, 1.807) is 6.07 Å². The van der Waals surface area contributed by atoms with Crippen LogP contribution < -0.4 is 10.6 Å². The Bertz CT molecular complexity index is 1060. The number of halogens is 3. The first-order valence-corrected chi connectivity index (χ1v) is 10.4. The monoisotopic (exact) mass is 448 g/mol. The summed E-state index contributed by atoms with van der Waals surface area (Å²) in [5.74, 6) is 0.944. The second-order valence-corrected chi connectivity index (χ2v) is 7.66. The molecule has 0 unspecified atom stereocenters. The van der Waals surface area contributed by atoms with Crippen LogP contribution in [0.15, 0.2) is 40.8 Å². The molecule has 0 saturated carbocycles. The minimum Gasteiger partial charge on any atom is -0.459 e. The van der Waals surface area contributed by atoms with Gasteiger partial charge in [-0.15, -0.1) is 0 Å². The maximum atomic E-state index is 12.8. The highest BCUT2D eigenvalue weighted by Gasteiger charge is 2.32. The van der Waals surface area contributed by atoms with Crippen molar-refractivity contribution in [2.24, 2.45) is 5.73 Å². The number of para-hydroxylation sites is 1. The number of primary amides is 1. The van der Waals surface area contributed by atoms with Gasteiger partial charge in [-0.1, -0.05) is 18.2 Å². The van der Waals surface area contributed by atoms with Gasteiger partial charge in [0.2, 0.25) is 6.41 Å². The van der Waals surface area contributed by atoms with Gasteiger partial charge in [0.15, 0.2) is 5.58 Å². The Morgan fingerprint density at radius 1 is 1.09 bits per heavy atom. The second-order valence-electron chi connectivity index (χ2n) is 7.66. The summed E-state index contributed by atoms with van der Waals surface area (Å²) >= 11 is 0. The number of anilines is 1. The summed E-state index contributed by atoms with van der Waals surface area (Å²) in [5, 5.41) is 1.15. The van der Waals surface area contributed by atoms with E-state index in [1.807, 2.05) is 6.92 Å². The minimum atomic E-state index is -4.40.